The number of hydrogen-bond donors (Lipinski definition) is 0. The zero-order valence-electron chi connectivity index (χ0n) is 13.1. The Balaban J connectivity index is 2.51. The highest BCUT2D eigenvalue weighted by molar-refractivity contribution is 7.92. The molecule has 1 rings (SSSR count). The van der Waals surface area contributed by atoms with Crippen LogP contribution in [0.1, 0.15) is 85.0 Å². The number of unbranched alkanes of at least 4 members (excludes halogenated alkanes) is 4. The maximum atomic E-state index is 12.6. The largest absolute Gasteiger partial charge is 0.228 e. The normalized spacial score (nSPS) is 19.3. The van der Waals surface area contributed by atoms with Crippen molar-refractivity contribution in [1.82, 2.24) is 0 Å². The lowest BCUT2D eigenvalue weighted by Crippen LogP contribution is -2.37. The summed E-state index contributed by atoms with van der Waals surface area (Å²) in [5, 5.41) is 0. The second-order valence-electron chi connectivity index (χ2n) is 6.59. The lowest BCUT2D eigenvalue weighted by atomic mass is 9.97. The highest BCUT2D eigenvalue weighted by Crippen LogP contribution is 2.37. The van der Waals surface area contributed by atoms with Gasteiger partial charge in [-0.25, -0.2) is 8.42 Å². The average Bonchev–Trinajstić information content (AvgIpc) is 3.12. The van der Waals surface area contributed by atoms with Crippen molar-refractivity contribution in [2.45, 2.75) is 89.7 Å². The summed E-state index contributed by atoms with van der Waals surface area (Å²) in [6.45, 7) is 6.30. The summed E-state index contributed by atoms with van der Waals surface area (Å²) in [6.07, 6.45) is 10.9. The smallest absolute Gasteiger partial charge is 0.156 e. The molecule has 1 saturated carbocycles. The summed E-state index contributed by atoms with van der Waals surface area (Å²) < 4.78 is 24.8. The number of rotatable bonds is 11. The van der Waals surface area contributed by atoms with Gasteiger partial charge in [-0.15, -0.1) is 0 Å². The monoisotopic (exact) mass is 288 g/mol. The molecule has 114 valence electrons. The quantitative estimate of drug-likeness (QED) is 0.515. The third-order valence-corrected chi connectivity index (χ3v) is 7.31. The molecule has 0 saturated heterocycles. The predicted octanol–water partition coefficient (Wildman–Crippen LogP) is 4.73. The van der Waals surface area contributed by atoms with Crippen LogP contribution in [-0.4, -0.2) is 18.9 Å². The molecule has 0 aliphatic heterocycles. The zero-order valence-corrected chi connectivity index (χ0v) is 13.9. The van der Waals surface area contributed by atoms with Crippen LogP contribution in [0.3, 0.4) is 0 Å². The minimum absolute atomic E-state index is 0.443. The van der Waals surface area contributed by atoms with Crippen LogP contribution in [0, 0.1) is 5.92 Å². The van der Waals surface area contributed by atoms with Crippen molar-refractivity contribution < 1.29 is 8.42 Å². The van der Waals surface area contributed by atoms with E-state index < -0.39 is 14.6 Å². The second-order valence-corrected chi connectivity index (χ2v) is 9.14. The molecule has 1 unspecified atom stereocenters. The van der Waals surface area contributed by atoms with Crippen molar-refractivity contribution in [1.29, 1.82) is 0 Å². The average molecular weight is 288 g/mol. The standard InChI is InChI=1S/C16H32O2S/c1-4-6-7-8-9-13-16(3,12-5-2)19(17,18)14-15-10-11-15/h15H,4-14H2,1-3H3. The lowest BCUT2D eigenvalue weighted by Gasteiger charge is -2.29. The van der Waals surface area contributed by atoms with Gasteiger partial charge in [-0.2, -0.15) is 0 Å². The highest BCUT2D eigenvalue weighted by atomic mass is 32.2. The van der Waals surface area contributed by atoms with Gasteiger partial charge in [-0.1, -0.05) is 52.4 Å². The summed E-state index contributed by atoms with van der Waals surface area (Å²) in [4.78, 5) is 0. The molecule has 3 heteroatoms. The van der Waals surface area contributed by atoms with Crippen LogP contribution in [0.2, 0.25) is 0 Å². The fourth-order valence-electron chi connectivity index (χ4n) is 2.86. The Hall–Kier alpha value is -0.0500. The van der Waals surface area contributed by atoms with Crippen molar-refractivity contribution in [2.24, 2.45) is 5.92 Å². The van der Waals surface area contributed by atoms with Gasteiger partial charge in [0, 0.05) is 0 Å². The Morgan fingerprint density at radius 1 is 0.947 bits per heavy atom. The van der Waals surface area contributed by atoms with Crippen molar-refractivity contribution >= 4 is 9.84 Å². The van der Waals surface area contributed by atoms with Crippen molar-refractivity contribution in [3.05, 3.63) is 0 Å². The third-order valence-electron chi connectivity index (χ3n) is 4.49. The number of hydrogen-bond acceptors (Lipinski definition) is 2. The summed E-state index contributed by atoms with van der Waals surface area (Å²) >= 11 is 0. The summed E-state index contributed by atoms with van der Waals surface area (Å²) in [6, 6.07) is 0. The SMILES string of the molecule is CCCCCCCC(C)(CCC)S(=O)(=O)CC1CC1. The van der Waals surface area contributed by atoms with Gasteiger partial charge in [0.05, 0.1) is 10.5 Å². The van der Waals surface area contributed by atoms with E-state index in [9.17, 15) is 8.42 Å². The molecule has 0 aromatic carbocycles. The molecular weight excluding hydrogens is 256 g/mol. The Labute approximate surface area is 120 Å². The van der Waals surface area contributed by atoms with E-state index >= 15 is 0 Å². The van der Waals surface area contributed by atoms with Gasteiger partial charge in [0.25, 0.3) is 0 Å². The first-order valence-electron chi connectivity index (χ1n) is 8.17. The molecule has 1 aliphatic rings. The highest BCUT2D eigenvalue weighted by Gasteiger charge is 2.41. The first-order valence-corrected chi connectivity index (χ1v) is 9.82. The van der Waals surface area contributed by atoms with Crippen LogP contribution in [0.5, 0.6) is 0 Å². The van der Waals surface area contributed by atoms with Crippen LogP contribution in [0.25, 0.3) is 0 Å². The fourth-order valence-corrected chi connectivity index (χ4v) is 5.19. The molecule has 0 radical (unpaired) electrons. The van der Waals surface area contributed by atoms with E-state index in [0.29, 0.717) is 11.7 Å². The zero-order chi connectivity index (χ0) is 14.4. The Kier molecular flexibility index (Phi) is 6.85. The van der Waals surface area contributed by atoms with Crippen molar-refractivity contribution in [3.8, 4) is 0 Å². The van der Waals surface area contributed by atoms with E-state index in [2.05, 4.69) is 13.8 Å². The summed E-state index contributed by atoms with van der Waals surface area (Å²) in [7, 11) is -2.91. The van der Waals surface area contributed by atoms with Gasteiger partial charge < -0.3 is 0 Å². The maximum Gasteiger partial charge on any atom is 0.156 e. The molecule has 0 aromatic heterocycles. The molecule has 0 spiro atoms. The fraction of sp³-hybridized carbons (Fsp3) is 1.00. The molecule has 0 heterocycles. The first-order chi connectivity index (χ1) is 8.95. The predicted molar refractivity (Wildman–Crippen MR) is 83.2 cm³/mol. The van der Waals surface area contributed by atoms with E-state index in [1.807, 2.05) is 6.92 Å². The molecule has 1 aliphatic carbocycles. The molecule has 0 bridgehead atoms. The van der Waals surface area contributed by atoms with Gasteiger partial charge in [0.2, 0.25) is 0 Å². The molecule has 0 N–H and O–H groups in total. The topological polar surface area (TPSA) is 34.1 Å². The van der Waals surface area contributed by atoms with E-state index in [0.717, 1.165) is 38.5 Å². The van der Waals surface area contributed by atoms with Gasteiger partial charge in [0.1, 0.15) is 0 Å². The van der Waals surface area contributed by atoms with E-state index in [4.69, 9.17) is 0 Å². The molecular formula is C16H32O2S. The summed E-state index contributed by atoms with van der Waals surface area (Å²) in [5.41, 5.74) is 0. The Morgan fingerprint density at radius 2 is 1.58 bits per heavy atom. The second kappa shape index (κ2) is 7.66. The first kappa shape index (κ1) is 17.0. The third kappa shape index (κ3) is 5.45. The minimum atomic E-state index is -2.91. The van der Waals surface area contributed by atoms with Gasteiger partial charge in [-0.3, -0.25) is 0 Å². The molecule has 0 amide bonds. The van der Waals surface area contributed by atoms with Crippen molar-refractivity contribution in [3.63, 3.8) is 0 Å². The van der Waals surface area contributed by atoms with Gasteiger partial charge >= 0.3 is 0 Å². The van der Waals surface area contributed by atoms with E-state index in [-0.39, 0.29) is 0 Å². The molecule has 2 nitrogen and oxygen atoms in total. The Morgan fingerprint density at radius 3 is 2.11 bits per heavy atom. The van der Waals surface area contributed by atoms with E-state index in [1.165, 1.54) is 25.7 Å². The maximum absolute atomic E-state index is 12.6. The van der Waals surface area contributed by atoms with Crippen LogP contribution in [-0.2, 0) is 9.84 Å². The van der Waals surface area contributed by atoms with Crippen molar-refractivity contribution in [2.75, 3.05) is 5.75 Å². The summed E-state index contributed by atoms with van der Waals surface area (Å²) in [5.74, 6) is 0.916. The number of sulfone groups is 1. The van der Waals surface area contributed by atoms with Crippen LogP contribution in [0.4, 0.5) is 0 Å². The molecule has 1 atom stereocenters. The molecule has 19 heavy (non-hydrogen) atoms. The van der Waals surface area contributed by atoms with Gasteiger partial charge in [-0.05, 0) is 38.5 Å². The van der Waals surface area contributed by atoms with E-state index in [1.54, 1.807) is 0 Å². The van der Waals surface area contributed by atoms with Crippen LogP contribution < -0.4 is 0 Å². The van der Waals surface area contributed by atoms with Crippen LogP contribution >= 0.6 is 0 Å². The Bertz CT molecular complexity index is 344. The van der Waals surface area contributed by atoms with Crippen LogP contribution in [0.15, 0.2) is 0 Å². The molecule has 1 fully saturated rings. The minimum Gasteiger partial charge on any atom is -0.228 e. The van der Waals surface area contributed by atoms with Gasteiger partial charge in [0.15, 0.2) is 9.84 Å². The molecule has 0 aromatic rings. The lowest BCUT2D eigenvalue weighted by molar-refractivity contribution is 0.450.